The van der Waals surface area contributed by atoms with Crippen molar-refractivity contribution in [1.82, 2.24) is 0 Å². The maximum Gasteiger partial charge on any atom is 0.212 e. The highest BCUT2D eigenvalue weighted by Crippen LogP contribution is 2.40. The zero-order chi connectivity index (χ0) is 20.2. The first-order chi connectivity index (χ1) is 14.7. The van der Waals surface area contributed by atoms with Crippen LogP contribution in [0, 0.1) is 6.42 Å². The molecule has 0 aliphatic heterocycles. The Hall–Kier alpha value is -3.78. The lowest BCUT2D eigenvalue weighted by atomic mass is 9.75. The molecule has 5 aromatic carbocycles. The molecule has 5 aromatic rings. The van der Waals surface area contributed by atoms with Gasteiger partial charge < -0.3 is 0 Å². The molecule has 0 N–H and O–H groups in total. The third-order valence-corrected chi connectivity index (χ3v) is 6.09. The summed E-state index contributed by atoms with van der Waals surface area (Å²) in [4.78, 5) is 25.7. The van der Waals surface area contributed by atoms with Gasteiger partial charge in [-0.05, 0) is 61.1 Å². The molecule has 2 heteroatoms. The Kier molecular flexibility index (Phi) is 3.63. The summed E-state index contributed by atoms with van der Waals surface area (Å²) in [7, 11) is 0. The predicted molar refractivity (Wildman–Crippen MR) is 120 cm³/mol. The lowest BCUT2D eigenvalue weighted by molar-refractivity contribution is -0.135. The number of hydrogen-bond acceptors (Lipinski definition) is 2. The smallest absolute Gasteiger partial charge is 0.212 e. The first-order valence-corrected chi connectivity index (χ1v) is 9.99. The van der Waals surface area contributed by atoms with Crippen LogP contribution >= 0.6 is 0 Å². The van der Waals surface area contributed by atoms with Gasteiger partial charge in [-0.1, -0.05) is 78.9 Å². The molecule has 140 valence electrons. The van der Waals surface area contributed by atoms with Gasteiger partial charge in [0, 0.05) is 0 Å². The normalized spacial score (nSPS) is 16.3. The van der Waals surface area contributed by atoms with E-state index in [0.717, 1.165) is 43.4 Å². The minimum atomic E-state index is -0.622. The molecule has 0 saturated heterocycles. The van der Waals surface area contributed by atoms with Gasteiger partial charge in [0.05, 0.1) is 12.3 Å². The molecular weight excluding hydrogens is 368 g/mol. The highest BCUT2D eigenvalue weighted by molar-refractivity contribution is 6.45. The summed E-state index contributed by atoms with van der Waals surface area (Å²) in [6.45, 7) is 0. The molecule has 30 heavy (non-hydrogen) atoms. The standard InChI is InChI=1S/C28H16O2/c29-26-16-20-14-18-7-1-2-8-19(18)15-25(20)27(28(26)30)24-11-5-10-22-21-9-4-3-6-17(21)12-13-23(22)24/h1-15,27H. The number of Topliss-reactive ketones (excluding diaryl/α,β-unsaturated/α-hetero) is 2. The van der Waals surface area contributed by atoms with Crippen molar-refractivity contribution in [1.29, 1.82) is 0 Å². The summed E-state index contributed by atoms with van der Waals surface area (Å²) in [6, 6.07) is 30.4. The number of fused-ring (bicyclic) bond motifs is 5. The van der Waals surface area contributed by atoms with Gasteiger partial charge in [0.1, 0.15) is 0 Å². The summed E-state index contributed by atoms with van der Waals surface area (Å²) < 4.78 is 0. The van der Waals surface area contributed by atoms with E-state index >= 15 is 0 Å². The Morgan fingerprint density at radius 1 is 0.567 bits per heavy atom. The fraction of sp³-hybridized carbons (Fsp3) is 0.0357. The van der Waals surface area contributed by atoms with Crippen LogP contribution in [0.5, 0.6) is 0 Å². The molecule has 0 spiro atoms. The Bertz CT molecular complexity index is 1510. The van der Waals surface area contributed by atoms with Crippen LogP contribution in [0.1, 0.15) is 22.6 Å². The van der Waals surface area contributed by atoms with Gasteiger partial charge in [-0.2, -0.15) is 0 Å². The molecule has 0 fully saturated rings. The largest absolute Gasteiger partial charge is 0.290 e. The molecule has 0 heterocycles. The van der Waals surface area contributed by atoms with Crippen LogP contribution in [-0.4, -0.2) is 11.6 Å². The van der Waals surface area contributed by atoms with E-state index in [2.05, 4.69) is 36.8 Å². The Labute approximate surface area is 173 Å². The molecule has 1 unspecified atom stereocenters. The first kappa shape index (κ1) is 17.1. The zero-order valence-corrected chi connectivity index (χ0v) is 16.1. The predicted octanol–water partition coefficient (Wildman–Crippen LogP) is 5.86. The fourth-order valence-electron chi connectivity index (χ4n) is 4.69. The van der Waals surface area contributed by atoms with Crippen LogP contribution in [-0.2, 0) is 9.59 Å². The third-order valence-electron chi connectivity index (χ3n) is 6.09. The topological polar surface area (TPSA) is 34.1 Å². The van der Waals surface area contributed by atoms with Crippen molar-refractivity contribution in [3.05, 3.63) is 114 Å². The Morgan fingerprint density at radius 2 is 1.27 bits per heavy atom. The summed E-state index contributed by atoms with van der Waals surface area (Å²) in [6.07, 6.45) is 2.79. The number of ketones is 2. The van der Waals surface area contributed by atoms with Gasteiger partial charge >= 0.3 is 0 Å². The van der Waals surface area contributed by atoms with Crippen molar-refractivity contribution >= 4 is 43.9 Å². The highest BCUT2D eigenvalue weighted by Gasteiger charge is 2.36. The van der Waals surface area contributed by atoms with E-state index in [4.69, 9.17) is 0 Å². The number of hydrogen-bond donors (Lipinski definition) is 0. The summed E-state index contributed by atoms with van der Waals surface area (Å²) in [5, 5.41) is 6.48. The van der Waals surface area contributed by atoms with Crippen LogP contribution in [0.3, 0.4) is 0 Å². The van der Waals surface area contributed by atoms with Crippen molar-refractivity contribution in [3.63, 3.8) is 0 Å². The number of carbonyl (C=O) groups is 2. The van der Waals surface area contributed by atoms with E-state index < -0.39 is 17.5 Å². The minimum absolute atomic E-state index is 0.418. The number of carbonyl (C=O) groups excluding carboxylic acids is 2. The zero-order valence-electron chi connectivity index (χ0n) is 16.1. The molecular formula is C28H16O2. The molecule has 0 aromatic heterocycles. The van der Waals surface area contributed by atoms with Gasteiger partial charge in [-0.25, -0.2) is 0 Å². The summed E-state index contributed by atoms with van der Waals surface area (Å²) in [5.74, 6) is -1.60. The summed E-state index contributed by atoms with van der Waals surface area (Å²) in [5.41, 5.74) is 2.43. The molecule has 6 rings (SSSR count). The molecule has 0 saturated carbocycles. The molecule has 2 radical (unpaired) electrons. The minimum Gasteiger partial charge on any atom is -0.290 e. The monoisotopic (exact) mass is 384 g/mol. The number of rotatable bonds is 1. The van der Waals surface area contributed by atoms with Crippen molar-refractivity contribution < 1.29 is 9.59 Å². The molecule has 1 aliphatic rings. The van der Waals surface area contributed by atoms with Gasteiger partial charge in [0.2, 0.25) is 11.6 Å². The van der Waals surface area contributed by atoms with Crippen LogP contribution in [0.15, 0.2) is 91.0 Å². The lowest BCUT2D eigenvalue weighted by Gasteiger charge is -2.25. The molecule has 1 atom stereocenters. The Balaban J connectivity index is 1.67. The van der Waals surface area contributed by atoms with Gasteiger partial charge in [-0.15, -0.1) is 0 Å². The van der Waals surface area contributed by atoms with E-state index in [1.54, 1.807) is 0 Å². The Morgan fingerprint density at radius 3 is 2.10 bits per heavy atom. The van der Waals surface area contributed by atoms with Crippen molar-refractivity contribution in [2.75, 3.05) is 0 Å². The van der Waals surface area contributed by atoms with E-state index in [1.807, 2.05) is 60.7 Å². The first-order valence-electron chi connectivity index (χ1n) is 9.99. The molecule has 2 nitrogen and oxygen atoms in total. The second-order valence-electron chi connectivity index (χ2n) is 7.77. The van der Waals surface area contributed by atoms with Crippen molar-refractivity contribution in [2.24, 2.45) is 0 Å². The van der Waals surface area contributed by atoms with E-state index in [-0.39, 0.29) is 0 Å². The average Bonchev–Trinajstić information content (AvgIpc) is 2.78. The average molecular weight is 384 g/mol. The second-order valence-corrected chi connectivity index (χ2v) is 7.77. The van der Waals surface area contributed by atoms with Crippen molar-refractivity contribution in [3.8, 4) is 0 Å². The highest BCUT2D eigenvalue weighted by atomic mass is 16.2. The van der Waals surface area contributed by atoms with Crippen LogP contribution < -0.4 is 0 Å². The van der Waals surface area contributed by atoms with Gasteiger partial charge in [-0.3, -0.25) is 9.59 Å². The van der Waals surface area contributed by atoms with Crippen LogP contribution in [0.4, 0.5) is 0 Å². The van der Waals surface area contributed by atoms with E-state index in [1.165, 1.54) is 0 Å². The van der Waals surface area contributed by atoms with E-state index in [0.29, 0.717) is 5.56 Å². The molecule has 0 amide bonds. The maximum absolute atomic E-state index is 13.1. The lowest BCUT2D eigenvalue weighted by Crippen LogP contribution is -2.29. The third kappa shape index (κ3) is 2.44. The molecule has 1 aliphatic carbocycles. The van der Waals surface area contributed by atoms with Gasteiger partial charge in [0.25, 0.3) is 0 Å². The summed E-state index contributed by atoms with van der Waals surface area (Å²) >= 11 is 0. The van der Waals surface area contributed by atoms with Crippen molar-refractivity contribution in [2.45, 2.75) is 5.92 Å². The number of benzene rings is 5. The fourth-order valence-corrected chi connectivity index (χ4v) is 4.69. The quantitative estimate of drug-likeness (QED) is 0.268. The van der Waals surface area contributed by atoms with E-state index in [9.17, 15) is 9.59 Å². The van der Waals surface area contributed by atoms with Crippen LogP contribution in [0.25, 0.3) is 32.3 Å². The van der Waals surface area contributed by atoms with Gasteiger partial charge in [0.15, 0.2) is 0 Å². The second kappa shape index (κ2) is 6.36. The molecule has 0 bridgehead atoms. The SMILES string of the molecule is O=C1[C]c2cc3ccccc3cc2C(c2cccc3c2ccc2ccccc23)C1=O. The maximum atomic E-state index is 13.1. The van der Waals surface area contributed by atoms with Crippen LogP contribution in [0.2, 0.25) is 0 Å².